The molecule has 0 aliphatic rings. The lowest BCUT2D eigenvalue weighted by molar-refractivity contribution is 0.0802. The highest BCUT2D eigenvalue weighted by atomic mass is 79.9. The quantitative estimate of drug-likeness (QED) is 0.858. The molecule has 0 atom stereocenters. The largest absolute Gasteiger partial charge is 0.340 e. The summed E-state index contributed by atoms with van der Waals surface area (Å²) in [6.07, 6.45) is 0.369. The molecule has 1 aromatic heterocycles. The van der Waals surface area contributed by atoms with Gasteiger partial charge in [0.2, 0.25) is 0 Å². The van der Waals surface area contributed by atoms with Crippen LogP contribution in [-0.2, 0) is 0 Å². The number of carbonyl (C=O) groups is 1. The molecule has 1 heterocycles. The third-order valence-electron chi connectivity index (χ3n) is 1.97. The van der Waals surface area contributed by atoms with Crippen LogP contribution in [0.3, 0.4) is 0 Å². The summed E-state index contributed by atoms with van der Waals surface area (Å²) < 4.78 is 0.986. The molecule has 0 unspecified atom stereocenters. The molecule has 0 aromatic carbocycles. The molecule has 0 aliphatic carbocycles. The first-order chi connectivity index (χ1) is 7.06. The zero-order valence-electron chi connectivity index (χ0n) is 8.58. The van der Waals surface area contributed by atoms with E-state index in [0.717, 1.165) is 9.35 Å². The first-order valence-corrected chi connectivity index (χ1v) is 6.05. The highest BCUT2D eigenvalue weighted by Gasteiger charge is 2.14. The van der Waals surface area contributed by atoms with Crippen molar-refractivity contribution in [1.82, 2.24) is 4.90 Å². The molecule has 5 heteroatoms. The minimum absolute atomic E-state index is 0.0240. The Balaban J connectivity index is 2.72. The zero-order chi connectivity index (χ0) is 11.4. The number of rotatable bonds is 3. The number of halogens is 1. The summed E-state index contributed by atoms with van der Waals surface area (Å²) in [5, 5.41) is 8.42. The van der Waals surface area contributed by atoms with Gasteiger partial charge in [-0.05, 0) is 34.5 Å². The average molecular weight is 287 g/mol. The summed E-state index contributed by atoms with van der Waals surface area (Å²) >= 11 is 4.81. The molecular weight excluding hydrogens is 276 g/mol. The van der Waals surface area contributed by atoms with Crippen molar-refractivity contribution in [2.75, 3.05) is 13.6 Å². The van der Waals surface area contributed by atoms with Gasteiger partial charge in [-0.2, -0.15) is 5.26 Å². The number of nitriles is 1. The Morgan fingerprint density at radius 1 is 1.73 bits per heavy atom. The molecular formula is C10H11BrN2OS. The van der Waals surface area contributed by atoms with Crippen LogP contribution in [0.1, 0.15) is 21.7 Å². The van der Waals surface area contributed by atoms with Crippen molar-refractivity contribution in [3.8, 4) is 6.07 Å². The SMILES string of the molecule is Cc1cc(C(=O)N(C)CCC#N)sc1Br. The van der Waals surface area contributed by atoms with E-state index in [1.807, 2.05) is 19.1 Å². The molecule has 0 fully saturated rings. The van der Waals surface area contributed by atoms with Crippen molar-refractivity contribution in [3.05, 3.63) is 20.3 Å². The molecule has 1 amide bonds. The lowest BCUT2D eigenvalue weighted by Crippen LogP contribution is -2.26. The lowest BCUT2D eigenvalue weighted by Gasteiger charge is -2.13. The van der Waals surface area contributed by atoms with Gasteiger partial charge in [0.05, 0.1) is 21.2 Å². The van der Waals surface area contributed by atoms with Gasteiger partial charge in [0, 0.05) is 13.6 Å². The summed E-state index contributed by atoms with van der Waals surface area (Å²) in [6, 6.07) is 3.88. The molecule has 0 spiro atoms. The van der Waals surface area contributed by atoms with E-state index in [9.17, 15) is 4.79 Å². The Labute approximate surface area is 101 Å². The van der Waals surface area contributed by atoms with Crippen LogP contribution in [0.4, 0.5) is 0 Å². The van der Waals surface area contributed by atoms with Gasteiger partial charge in [0.15, 0.2) is 0 Å². The van der Waals surface area contributed by atoms with E-state index >= 15 is 0 Å². The predicted molar refractivity (Wildman–Crippen MR) is 63.9 cm³/mol. The number of nitrogens with zero attached hydrogens (tertiary/aromatic N) is 2. The van der Waals surface area contributed by atoms with E-state index in [1.165, 1.54) is 11.3 Å². The fraction of sp³-hybridized carbons (Fsp3) is 0.400. The second-order valence-electron chi connectivity index (χ2n) is 3.20. The summed E-state index contributed by atoms with van der Waals surface area (Å²) in [5.41, 5.74) is 1.07. The monoisotopic (exact) mass is 286 g/mol. The predicted octanol–water partition coefficient (Wildman–Crippen LogP) is 2.80. The molecule has 15 heavy (non-hydrogen) atoms. The molecule has 3 nitrogen and oxygen atoms in total. The van der Waals surface area contributed by atoms with Crippen LogP contribution < -0.4 is 0 Å². The molecule has 1 rings (SSSR count). The fourth-order valence-electron chi connectivity index (χ4n) is 1.07. The van der Waals surface area contributed by atoms with Gasteiger partial charge in [0.1, 0.15) is 0 Å². The maximum atomic E-state index is 11.8. The molecule has 1 aromatic rings. The second kappa shape index (κ2) is 5.29. The Morgan fingerprint density at radius 3 is 2.87 bits per heavy atom. The van der Waals surface area contributed by atoms with Gasteiger partial charge in [-0.15, -0.1) is 11.3 Å². The van der Waals surface area contributed by atoms with Crippen LogP contribution in [-0.4, -0.2) is 24.4 Å². The summed E-state index contributed by atoms with van der Waals surface area (Å²) in [7, 11) is 1.71. The second-order valence-corrected chi connectivity index (χ2v) is 5.57. The van der Waals surface area contributed by atoms with Gasteiger partial charge in [-0.25, -0.2) is 0 Å². The fourth-order valence-corrected chi connectivity index (χ4v) is 2.60. The van der Waals surface area contributed by atoms with Crippen molar-refractivity contribution >= 4 is 33.2 Å². The molecule has 80 valence electrons. The van der Waals surface area contributed by atoms with E-state index < -0.39 is 0 Å². The number of carbonyl (C=O) groups excluding carboxylic acids is 1. The number of thiophene rings is 1. The highest BCUT2D eigenvalue weighted by Crippen LogP contribution is 2.27. The van der Waals surface area contributed by atoms with Crippen LogP contribution in [0.2, 0.25) is 0 Å². The van der Waals surface area contributed by atoms with Gasteiger partial charge in [-0.3, -0.25) is 4.79 Å². The highest BCUT2D eigenvalue weighted by molar-refractivity contribution is 9.11. The zero-order valence-corrected chi connectivity index (χ0v) is 11.0. The molecule has 0 saturated heterocycles. The van der Waals surface area contributed by atoms with Crippen LogP contribution in [0, 0.1) is 18.3 Å². The molecule has 0 N–H and O–H groups in total. The normalized spacial score (nSPS) is 9.73. The number of aryl methyl sites for hydroxylation is 1. The number of hydrogen-bond acceptors (Lipinski definition) is 3. The van der Waals surface area contributed by atoms with Crippen molar-refractivity contribution in [2.45, 2.75) is 13.3 Å². The number of hydrogen-bond donors (Lipinski definition) is 0. The van der Waals surface area contributed by atoms with Crippen LogP contribution in [0.5, 0.6) is 0 Å². The van der Waals surface area contributed by atoms with E-state index in [2.05, 4.69) is 15.9 Å². The van der Waals surface area contributed by atoms with Gasteiger partial charge >= 0.3 is 0 Å². The van der Waals surface area contributed by atoms with E-state index in [4.69, 9.17) is 5.26 Å². The van der Waals surface area contributed by atoms with Crippen molar-refractivity contribution < 1.29 is 4.79 Å². The maximum absolute atomic E-state index is 11.8. The Bertz CT molecular complexity index is 389. The summed E-state index contributed by atoms with van der Waals surface area (Å²) in [5.74, 6) is -0.0240. The topological polar surface area (TPSA) is 44.1 Å². The molecule has 0 bridgehead atoms. The Hall–Kier alpha value is -0.860. The first-order valence-electron chi connectivity index (χ1n) is 4.44. The Morgan fingerprint density at radius 2 is 2.40 bits per heavy atom. The minimum atomic E-state index is -0.0240. The smallest absolute Gasteiger partial charge is 0.263 e. The standard InChI is InChI=1S/C10H11BrN2OS/c1-7-6-8(15-9(7)11)10(14)13(2)5-3-4-12/h6H,3,5H2,1-2H3. The minimum Gasteiger partial charge on any atom is -0.340 e. The Kier molecular flexibility index (Phi) is 4.30. The van der Waals surface area contributed by atoms with Crippen molar-refractivity contribution in [3.63, 3.8) is 0 Å². The van der Waals surface area contributed by atoms with Crippen molar-refractivity contribution in [1.29, 1.82) is 5.26 Å². The molecule has 0 aliphatic heterocycles. The first kappa shape index (κ1) is 12.2. The van der Waals surface area contributed by atoms with Gasteiger partial charge < -0.3 is 4.90 Å². The molecule has 0 saturated carbocycles. The van der Waals surface area contributed by atoms with Crippen molar-refractivity contribution in [2.24, 2.45) is 0 Å². The van der Waals surface area contributed by atoms with E-state index in [0.29, 0.717) is 17.8 Å². The maximum Gasteiger partial charge on any atom is 0.263 e. The summed E-state index contributed by atoms with van der Waals surface area (Å²) in [6.45, 7) is 2.43. The van der Waals surface area contributed by atoms with Crippen LogP contribution >= 0.6 is 27.3 Å². The average Bonchev–Trinajstić information content (AvgIpc) is 2.54. The van der Waals surface area contributed by atoms with Gasteiger partial charge in [0.25, 0.3) is 5.91 Å². The van der Waals surface area contributed by atoms with E-state index in [1.54, 1.807) is 11.9 Å². The lowest BCUT2D eigenvalue weighted by atomic mass is 10.3. The van der Waals surface area contributed by atoms with Crippen LogP contribution in [0.15, 0.2) is 9.85 Å². The third kappa shape index (κ3) is 3.05. The summed E-state index contributed by atoms with van der Waals surface area (Å²) in [4.78, 5) is 14.1. The van der Waals surface area contributed by atoms with Crippen LogP contribution in [0.25, 0.3) is 0 Å². The third-order valence-corrected chi connectivity index (χ3v) is 4.10. The van der Waals surface area contributed by atoms with Gasteiger partial charge in [-0.1, -0.05) is 0 Å². The number of amides is 1. The van der Waals surface area contributed by atoms with E-state index in [-0.39, 0.29) is 5.91 Å². The molecule has 0 radical (unpaired) electrons.